The van der Waals surface area contributed by atoms with E-state index in [0.717, 1.165) is 0 Å². The van der Waals surface area contributed by atoms with Gasteiger partial charge in [0.15, 0.2) is 0 Å². The van der Waals surface area contributed by atoms with E-state index in [1.54, 1.807) is 0 Å². The summed E-state index contributed by atoms with van der Waals surface area (Å²) in [6.45, 7) is 3.70. The quantitative estimate of drug-likeness (QED) is 0.0252. The first-order valence-electron chi connectivity index (χ1n) is 50.2. The summed E-state index contributed by atoms with van der Waals surface area (Å²) < 4.78 is 0. The summed E-state index contributed by atoms with van der Waals surface area (Å²) in [7, 11) is 0. The fraction of sp³-hybridized carbons (Fsp3) is 0.833. The third-order valence-corrected chi connectivity index (χ3v) is 23.4. The van der Waals surface area contributed by atoms with Gasteiger partial charge in [0, 0.05) is 0 Å². The summed E-state index contributed by atoms with van der Waals surface area (Å²) in [5, 5.41) is 48.8. The molecule has 14 amide bonds. The van der Waals surface area contributed by atoms with Gasteiger partial charge in [-0.3, -0.25) is 67.1 Å². The fourth-order valence-electron chi connectivity index (χ4n) is 15.1. The second-order valence-corrected chi connectivity index (χ2v) is 35.1. The van der Waals surface area contributed by atoms with E-state index < -0.39 is 179 Å². The number of carbonyl (C=O) groups is 15. The number of aliphatic carboxylic acids is 1. The number of carboxylic acid groups (broad SMARTS) is 1. The molecular formula is C90H182N30O16. The Balaban J connectivity index is 7.71. The second kappa shape index (κ2) is 82.3. The molecule has 0 aromatic carbocycles. The Morgan fingerprint density at radius 3 is 0.331 bits per heavy atom. The average molecular weight is 1940 g/mol. The molecule has 0 aliphatic rings. The van der Waals surface area contributed by atoms with Crippen molar-refractivity contribution in [3.05, 3.63) is 0 Å². The third-order valence-electron chi connectivity index (χ3n) is 23.4. The van der Waals surface area contributed by atoms with Crippen LogP contribution >= 0.6 is 0 Å². The minimum atomic E-state index is -1.39. The monoisotopic (exact) mass is 1940 g/mol. The second-order valence-electron chi connectivity index (χ2n) is 35.1. The minimum absolute atomic E-state index is 0.00731. The van der Waals surface area contributed by atoms with Crippen LogP contribution in [-0.2, 0) is 71.9 Å². The number of carboxylic acids is 1. The average Bonchev–Trinajstić information content (AvgIpc) is 0.858. The van der Waals surface area contributed by atoms with Crippen molar-refractivity contribution in [3.8, 4) is 0 Å². The van der Waals surface area contributed by atoms with Crippen LogP contribution in [0.3, 0.4) is 0 Å². The van der Waals surface area contributed by atoms with Crippen LogP contribution in [0.1, 0.15) is 289 Å². The number of rotatable bonds is 89. The van der Waals surface area contributed by atoms with Crippen molar-refractivity contribution >= 4 is 88.7 Å². The van der Waals surface area contributed by atoms with E-state index in [2.05, 4.69) is 74.4 Å². The molecule has 0 rings (SSSR count). The Labute approximate surface area is 806 Å². The largest absolute Gasteiger partial charge is 0.480 e. The fourth-order valence-corrected chi connectivity index (χ4v) is 15.1. The normalized spacial score (nSPS) is 14.6. The molecule has 0 saturated carbocycles. The third kappa shape index (κ3) is 58.3. The molecule has 0 unspecified atom stereocenters. The van der Waals surface area contributed by atoms with E-state index in [-0.39, 0.29) is 194 Å². The molecular weight excluding hydrogens is 1760 g/mol. The molecule has 0 aliphatic heterocycles. The van der Waals surface area contributed by atoms with Crippen LogP contribution in [0.25, 0.3) is 0 Å². The molecule has 0 fully saturated rings. The molecule has 788 valence electrons. The number of hydrogen-bond acceptors (Lipinski definition) is 31. The van der Waals surface area contributed by atoms with E-state index in [1.807, 2.05) is 0 Å². The SMILES string of the molecule is NCCCC[C@H](NC(=O)[C@H](CCCCN)NC(=O)[C@H](CCCCN)NC(=O)[C@H](CCCCN)NC(=O)[C@H](CCCCN)NC(=O)[C@H](CCCCN)NC(=O)[C@H](CCCCN)NC(=O)[C@H](CCCCN)NC(=O)[C@H](CCCCN)NC(=O)[C@H](CCCCN)NC(=O)[C@H](CCCCN)NC(=O)[C@H](CCCCN)NC(=O)[C@H](CCCCN)NC(=O)[C@H](CCCCN)NC(=O)[C@@H](N)CCCCN)C(=O)O. The van der Waals surface area contributed by atoms with Crippen molar-refractivity contribution in [1.82, 2.24) is 74.4 Å². The zero-order valence-corrected chi connectivity index (χ0v) is 81.4. The van der Waals surface area contributed by atoms with Crippen LogP contribution in [0.4, 0.5) is 0 Å². The Kier molecular flexibility index (Phi) is 77.1. The molecule has 0 aromatic rings. The molecule has 46 nitrogen and oxygen atoms in total. The first kappa shape index (κ1) is 127. The minimum Gasteiger partial charge on any atom is -0.480 e. The zero-order chi connectivity index (χ0) is 102. The van der Waals surface area contributed by atoms with Crippen LogP contribution < -0.4 is 166 Å². The lowest BCUT2D eigenvalue weighted by atomic mass is 10.0. The topological polar surface area (TPSA) is 861 Å². The van der Waals surface area contributed by atoms with Crippen molar-refractivity contribution in [3.63, 3.8) is 0 Å². The number of amides is 14. The Morgan fingerprint density at radius 1 is 0.140 bits per heavy atom. The van der Waals surface area contributed by atoms with Crippen molar-refractivity contribution in [1.29, 1.82) is 0 Å². The van der Waals surface area contributed by atoms with E-state index >= 15 is 14.4 Å². The highest BCUT2D eigenvalue weighted by molar-refractivity contribution is 6.00. The summed E-state index contributed by atoms with van der Waals surface area (Å²) in [6.07, 6.45) is 12.7. The number of nitrogens with one attached hydrogen (secondary N) is 14. The molecule has 0 bridgehead atoms. The lowest BCUT2D eigenvalue weighted by Crippen LogP contribution is -2.61. The molecule has 0 spiro atoms. The van der Waals surface area contributed by atoms with Gasteiger partial charge in [0.05, 0.1) is 6.04 Å². The van der Waals surface area contributed by atoms with Gasteiger partial charge >= 0.3 is 5.97 Å². The molecule has 0 aromatic heterocycles. The highest BCUT2D eigenvalue weighted by atomic mass is 16.4. The van der Waals surface area contributed by atoms with Gasteiger partial charge < -0.3 is 171 Å². The van der Waals surface area contributed by atoms with Gasteiger partial charge in [-0.25, -0.2) is 4.79 Å². The molecule has 46 heteroatoms. The number of carbonyl (C=O) groups excluding carboxylic acids is 14. The van der Waals surface area contributed by atoms with Crippen LogP contribution in [0.15, 0.2) is 0 Å². The number of nitrogens with two attached hydrogens (primary N) is 16. The maximum absolute atomic E-state index is 15.0. The Hall–Kier alpha value is -8.59. The molecule has 0 heterocycles. The predicted octanol–water partition coefficient (Wildman–Crippen LogP) is -5.88. The van der Waals surface area contributed by atoms with Gasteiger partial charge in [0.25, 0.3) is 0 Å². The number of hydrogen-bond donors (Lipinski definition) is 31. The maximum Gasteiger partial charge on any atom is 0.326 e. The summed E-state index contributed by atoms with van der Waals surface area (Å²) in [6, 6.07) is -19.3. The number of unbranched alkanes of at least 4 members (excludes halogenated alkanes) is 15. The van der Waals surface area contributed by atoms with Gasteiger partial charge in [-0.15, -0.1) is 0 Å². The molecule has 47 N–H and O–H groups in total. The van der Waals surface area contributed by atoms with Crippen molar-refractivity contribution in [2.45, 2.75) is 380 Å². The van der Waals surface area contributed by atoms with Crippen LogP contribution in [-0.4, -0.2) is 283 Å². The smallest absolute Gasteiger partial charge is 0.326 e. The lowest BCUT2D eigenvalue weighted by molar-refractivity contribution is -0.142. The molecule has 0 aliphatic carbocycles. The summed E-state index contributed by atoms with van der Waals surface area (Å²) in [4.78, 5) is 217. The Bertz CT molecular complexity index is 3270. The van der Waals surface area contributed by atoms with Crippen molar-refractivity contribution in [2.24, 2.45) is 91.7 Å². The highest BCUT2D eigenvalue weighted by Crippen LogP contribution is 2.18. The van der Waals surface area contributed by atoms with Gasteiger partial charge in [-0.05, 0) is 381 Å². The lowest BCUT2D eigenvalue weighted by Gasteiger charge is -2.29. The van der Waals surface area contributed by atoms with E-state index in [4.69, 9.17) is 91.7 Å². The van der Waals surface area contributed by atoms with Gasteiger partial charge in [-0.1, -0.05) is 6.42 Å². The van der Waals surface area contributed by atoms with Gasteiger partial charge in [0.1, 0.15) is 84.6 Å². The Morgan fingerprint density at radius 2 is 0.228 bits per heavy atom. The first-order chi connectivity index (χ1) is 65.5. The molecule has 0 saturated heterocycles. The van der Waals surface area contributed by atoms with Crippen LogP contribution in [0.2, 0.25) is 0 Å². The van der Waals surface area contributed by atoms with Crippen molar-refractivity contribution < 1.29 is 77.0 Å². The summed E-state index contributed by atoms with van der Waals surface area (Å²) in [5.74, 6) is -12.1. The first-order valence-corrected chi connectivity index (χ1v) is 50.2. The van der Waals surface area contributed by atoms with Gasteiger partial charge in [0.2, 0.25) is 82.7 Å². The summed E-state index contributed by atoms with van der Waals surface area (Å²) >= 11 is 0. The van der Waals surface area contributed by atoms with Crippen LogP contribution in [0, 0.1) is 0 Å². The van der Waals surface area contributed by atoms with Gasteiger partial charge in [-0.2, -0.15) is 0 Å². The van der Waals surface area contributed by atoms with E-state index in [0.29, 0.717) is 193 Å². The predicted molar refractivity (Wildman–Crippen MR) is 526 cm³/mol. The molecule has 15 atom stereocenters. The van der Waals surface area contributed by atoms with Crippen molar-refractivity contribution in [2.75, 3.05) is 98.2 Å². The summed E-state index contributed by atoms with van der Waals surface area (Å²) in [5.41, 5.74) is 94.3. The standard InChI is InChI=1S/C90H182N30O16/c91-46-16-1-31-61(106)76(121)107-62(32-2-17-47-92)77(122)108-63(33-3-18-48-93)78(123)109-64(34-4-19-49-94)79(124)110-65(35-5-20-50-95)80(125)111-66(36-6-21-51-96)81(126)112-67(37-7-22-52-97)82(127)113-68(38-8-23-53-98)83(128)114-69(39-9-24-54-99)84(129)115-70(40-10-25-55-100)85(130)116-71(41-11-26-56-101)86(131)117-72(42-12-27-57-102)87(132)118-73(43-13-28-58-103)88(133)119-74(44-14-29-59-104)89(134)120-75(90(135)136)45-15-30-60-105/h61-75H,1-60,91-106H2,(H,107,121)(H,108,122)(H,109,123)(H,110,124)(H,111,125)(H,112,126)(H,113,127)(H,114,128)(H,115,129)(H,116,130)(H,117,131)(H,118,132)(H,119,133)(H,120,134)(H,135,136)/t61-,62-,63-,64-,65-,66-,67-,68-,69-,70-,71-,72-,73-,74-,75-/m0/s1. The van der Waals surface area contributed by atoms with Crippen LogP contribution in [0.5, 0.6) is 0 Å². The van der Waals surface area contributed by atoms with E-state index in [1.165, 1.54) is 0 Å². The maximum atomic E-state index is 15.0. The molecule has 0 radical (unpaired) electrons. The van der Waals surface area contributed by atoms with E-state index in [9.17, 15) is 62.6 Å². The molecule has 136 heavy (non-hydrogen) atoms. The zero-order valence-electron chi connectivity index (χ0n) is 81.4. The highest BCUT2D eigenvalue weighted by Gasteiger charge is 2.39.